The van der Waals surface area contributed by atoms with Gasteiger partial charge in [-0.1, -0.05) is 35.9 Å². The van der Waals surface area contributed by atoms with Gasteiger partial charge in [0.25, 0.3) is 11.1 Å². The van der Waals surface area contributed by atoms with Crippen molar-refractivity contribution in [2.45, 2.75) is 13.5 Å². The molecule has 2 heterocycles. The van der Waals surface area contributed by atoms with Gasteiger partial charge in [-0.3, -0.25) is 9.59 Å². The molecule has 2 aromatic carbocycles. The number of nitrogens with zero attached hydrogens (tertiary/aromatic N) is 2. The molecule has 0 aliphatic heterocycles. The lowest BCUT2D eigenvalue weighted by Crippen LogP contribution is -2.29. The predicted octanol–water partition coefficient (Wildman–Crippen LogP) is 3.68. The molecule has 5 heteroatoms. The summed E-state index contributed by atoms with van der Waals surface area (Å²) in [6.07, 6.45) is 0. The van der Waals surface area contributed by atoms with Crippen molar-refractivity contribution in [3.05, 3.63) is 68.2 Å². The van der Waals surface area contributed by atoms with Crippen molar-refractivity contribution < 1.29 is 0 Å². The van der Waals surface area contributed by atoms with Gasteiger partial charge in [0.05, 0.1) is 16.1 Å². The number of hydrogen-bond acceptors (Lipinski definition) is 2. The predicted molar refractivity (Wildman–Crippen MR) is 99.1 cm³/mol. The van der Waals surface area contributed by atoms with Crippen molar-refractivity contribution >= 4 is 44.2 Å². The van der Waals surface area contributed by atoms with Gasteiger partial charge in [0, 0.05) is 29.8 Å². The summed E-state index contributed by atoms with van der Waals surface area (Å²) in [4.78, 5) is 25.9. The molecular formula is C19H15ClN2O2. The van der Waals surface area contributed by atoms with Crippen LogP contribution in [0.3, 0.4) is 0 Å². The second-order valence-corrected chi connectivity index (χ2v) is 6.22. The lowest BCUT2D eigenvalue weighted by molar-refractivity contribution is 0.764. The molecule has 0 saturated carbocycles. The number of aryl methyl sites for hydroxylation is 2. The Kier molecular flexibility index (Phi) is 3.25. The molecule has 0 spiro atoms. The normalized spacial score (nSPS) is 11.6. The summed E-state index contributed by atoms with van der Waals surface area (Å²) in [6, 6.07) is 13.1. The van der Waals surface area contributed by atoms with E-state index in [2.05, 4.69) is 0 Å². The number of benzene rings is 2. The van der Waals surface area contributed by atoms with Crippen molar-refractivity contribution in [2.24, 2.45) is 7.05 Å². The van der Waals surface area contributed by atoms with E-state index in [0.717, 1.165) is 21.8 Å². The first kappa shape index (κ1) is 15.0. The Morgan fingerprint density at radius 1 is 0.875 bits per heavy atom. The summed E-state index contributed by atoms with van der Waals surface area (Å²) >= 11 is 6.46. The second-order valence-electron chi connectivity index (χ2n) is 5.81. The molecule has 24 heavy (non-hydrogen) atoms. The van der Waals surface area contributed by atoms with Crippen molar-refractivity contribution in [1.29, 1.82) is 0 Å². The molecule has 4 rings (SSSR count). The molecule has 0 aliphatic carbocycles. The van der Waals surface area contributed by atoms with Crippen molar-refractivity contribution in [3.63, 3.8) is 0 Å². The van der Waals surface area contributed by atoms with E-state index in [1.807, 2.05) is 43.3 Å². The van der Waals surface area contributed by atoms with E-state index in [1.165, 1.54) is 4.57 Å². The van der Waals surface area contributed by atoms with Crippen molar-refractivity contribution in [1.82, 2.24) is 9.13 Å². The van der Waals surface area contributed by atoms with Crippen LogP contribution in [0.15, 0.2) is 52.1 Å². The molecule has 0 bridgehead atoms. The molecule has 2 aromatic heterocycles. The third-order valence-electron chi connectivity index (χ3n) is 4.61. The van der Waals surface area contributed by atoms with Crippen LogP contribution in [0.1, 0.15) is 6.92 Å². The first-order valence-corrected chi connectivity index (χ1v) is 8.16. The summed E-state index contributed by atoms with van der Waals surface area (Å²) in [7, 11) is 1.67. The van der Waals surface area contributed by atoms with E-state index >= 15 is 0 Å². The number of halogens is 1. The lowest BCUT2D eigenvalue weighted by atomic mass is 10.0. The Morgan fingerprint density at radius 2 is 1.58 bits per heavy atom. The quantitative estimate of drug-likeness (QED) is 0.497. The molecule has 0 atom stereocenters. The molecule has 0 N–H and O–H groups in total. The first-order valence-electron chi connectivity index (χ1n) is 7.78. The van der Waals surface area contributed by atoms with Gasteiger partial charge in [0.1, 0.15) is 5.39 Å². The maximum atomic E-state index is 13.0. The van der Waals surface area contributed by atoms with Crippen LogP contribution < -0.4 is 11.1 Å². The fourth-order valence-corrected chi connectivity index (χ4v) is 3.76. The average molecular weight is 339 g/mol. The van der Waals surface area contributed by atoms with Crippen LogP contribution in [0.25, 0.3) is 32.6 Å². The zero-order valence-electron chi connectivity index (χ0n) is 13.3. The van der Waals surface area contributed by atoms with Crippen LogP contribution in [-0.2, 0) is 13.6 Å². The highest BCUT2D eigenvalue weighted by Gasteiger charge is 2.18. The lowest BCUT2D eigenvalue weighted by Gasteiger charge is -2.15. The third kappa shape index (κ3) is 1.80. The Labute approximate surface area is 142 Å². The van der Waals surface area contributed by atoms with Gasteiger partial charge in [-0.05, 0) is 25.1 Å². The van der Waals surface area contributed by atoms with E-state index in [9.17, 15) is 9.59 Å². The summed E-state index contributed by atoms with van der Waals surface area (Å²) in [5.41, 5.74) is 0.970. The third-order valence-corrected chi connectivity index (χ3v) is 4.93. The molecule has 4 nitrogen and oxygen atoms in total. The molecule has 120 valence electrons. The molecule has 0 saturated heterocycles. The summed E-state index contributed by atoms with van der Waals surface area (Å²) in [5, 5.41) is 2.98. The molecule has 0 unspecified atom stereocenters. The average Bonchev–Trinajstić information content (AvgIpc) is 2.59. The van der Waals surface area contributed by atoms with Gasteiger partial charge in [0.15, 0.2) is 0 Å². The molecule has 0 fully saturated rings. The molecule has 0 aliphatic rings. The Hall–Kier alpha value is -2.59. The minimum atomic E-state index is -0.294. The minimum absolute atomic E-state index is 0.193. The van der Waals surface area contributed by atoms with Crippen LogP contribution in [-0.4, -0.2) is 9.13 Å². The monoisotopic (exact) mass is 338 g/mol. The number of hydrogen-bond donors (Lipinski definition) is 0. The largest absolute Gasteiger partial charge is 0.311 e. The number of aromatic nitrogens is 2. The first-order chi connectivity index (χ1) is 11.6. The Morgan fingerprint density at radius 3 is 2.33 bits per heavy atom. The SMILES string of the molecule is CCn1c(=O)c2c(=O)n(C)c3cccc(Cl)c3c2c2ccccc21. The highest BCUT2D eigenvalue weighted by atomic mass is 35.5. The maximum absolute atomic E-state index is 13.0. The van der Waals surface area contributed by atoms with Crippen LogP contribution >= 0.6 is 11.6 Å². The number of rotatable bonds is 1. The zero-order chi connectivity index (χ0) is 17.0. The maximum Gasteiger partial charge on any atom is 0.264 e. The van der Waals surface area contributed by atoms with Crippen LogP contribution in [0.5, 0.6) is 0 Å². The van der Waals surface area contributed by atoms with E-state index in [0.29, 0.717) is 17.0 Å². The highest BCUT2D eigenvalue weighted by molar-refractivity contribution is 6.39. The standard InChI is InChI=1S/C19H15ClN2O2/c1-3-22-13-9-5-4-7-11(13)15-16-12(20)8-6-10-14(16)21(2)18(23)17(15)19(22)24/h4-10H,3H2,1-2H3. The Bertz CT molecular complexity index is 1250. The number of fused-ring (bicyclic) bond motifs is 5. The second kappa shape index (κ2) is 5.21. The van der Waals surface area contributed by atoms with Gasteiger partial charge < -0.3 is 9.13 Å². The van der Waals surface area contributed by atoms with Gasteiger partial charge >= 0.3 is 0 Å². The van der Waals surface area contributed by atoms with Crippen molar-refractivity contribution in [2.75, 3.05) is 0 Å². The topological polar surface area (TPSA) is 44.0 Å². The van der Waals surface area contributed by atoms with Crippen molar-refractivity contribution in [3.8, 4) is 0 Å². The minimum Gasteiger partial charge on any atom is -0.311 e. The van der Waals surface area contributed by atoms with Gasteiger partial charge in [-0.2, -0.15) is 0 Å². The fourth-order valence-electron chi connectivity index (χ4n) is 3.50. The summed E-state index contributed by atoms with van der Waals surface area (Å²) in [6.45, 7) is 2.40. The zero-order valence-corrected chi connectivity index (χ0v) is 14.1. The molecule has 0 radical (unpaired) electrons. The highest BCUT2D eigenvalue weighted by Crippen LogP contribution is 2.32. The molecular weight excluding hydrogens is 324 g/mol. The van der Waals surface area contributed by atoms with E-state index in [-0.39, 0.29) is 16.5 Å². The van der Waals surface area contributed by atoms with E-state index in [1.54, 1.807) is 17.7 Å². The summed E-state index contributed by atoms with van der Waals surface area (Å²) < 4.78 is 3.14. The summed E-state index contributed by atoms with van der Waals surface area (Å²) in [5.74, 6) is 0. The molecule has 4 aromatic rings. The fraction of sp³-hybridized carbons (Fsp3) is 0.158. The molecule has 0 amide bonds. The van der Waals surface area contributed by atoms with Crippen LogP contribution in [0.2, 0.25) is 5.02 Å². The van der Waals surface area contributed by atoms with Gasteiger partial charge in [-0.25, -0.2) is 0 Å². The van der Waals surface area contributed by atoms with Crippen LogP contribution in [0.4, 0.5) is 0 Å². The Balaban J connectivity index is 2.54. The van der Waals surface area contributed by atoms with Crippen LogP contribution in [0, 0.1) is 0 Å². The van der Waals surface area contributed by atoms with E-state index < -0.39 is 0 Å². The smallest absolute Gasteiger partial charge is 0.264 e. The number of pyridine rings is 2. The van der Waals surface area contributed by atoms with Gasteiger partial charge in [-0.15, -0.1) is 0 Å². The number of para-hydroxylation sites is 1. The van der Waals surface area contributed by atoms with Gasteiger partial charge in [0.2, 0.25) is 0 Å². The van der Waals surface area contributed by atoms with E-state index in [4.69, 9.17) is 11.6 Å².